The van der Waals surface area contributed by atoms with Crippen molar-refractivity contribution in [1.82, 2.24) is 0 Å². The second kappa shape index (κ2) is 3.10. The van der Waals surface area contributed by atoms with E-state index >= 15 is 0 Å². The minimum Gasteiger partial charge on any atom is -0.396 e. The molecule has 3 aliphatic rings. The van der Waals surface area contributed by atoms with Gasteiger partial charge >= 0.3 is 0 Å². The van der Waals surface area contributed by atoms with E-state index in [0.29, 0.717) is 17.4 Å². The molecule has 0 bridgehead atoms. The quantitative estimate of drug-likeness (QED) is 0.792. The average Bonchev–Trinajstić information content (AvgIpc) is 3.10. The first-order valence-electron chi connectivity index (χ1n) is 7.35. The molecule has 3 fully saturated rings. The summed E-state index contributed by atoms with van der Waals surface area (Å²) >= 11 is 0. The molecule has 0 aromatic rings. The molecule has 6 unspecified atom stereocenters. The van der Waals surface area contributed by atoms with Crippen molar-refractivity contribution in [3.05, 3.63) is 0 Å². The van der Waals surface area contributed by atoms with Crippen LogP contribution in [0, 0.1) is 39.9 Å². The summed E-state index contributed by atoms with van der Waals surface area (Å²) in [6.07, 6.45) is 4.15. The standard InChI is InChI=1S/C16H28O/c1-10(12-7-16(12,5)9-17)11-6-15(4)8-13(15)14(11,2)3/h10-13,17H,6-9H2,1-5H3. The van der Waals surface area contributed by atoms with Gasteiger partial charge in [-0.1, -0.05) is 34.6 Å². The predicted octanol–water partition coefficient (Wildman–Crippen LogP) is 3.71. The van der Waals surface area contributed by atoms with Crippen molar-refractivity contribution < 1.29 is 5.11 Å². The van der Waals surface area contributed by atoms with E-state index in [-0.39, 0.29) is 5.41 Å². The molecule has 0 spiro atoms. The fraction of sp³-hybridized carbons (Fsp3) is 1.00. The van der Waals surface area contributed by atoms with Gasteiger partial charge in [0.2, 0.25) is 0 Å². The Hall–Kier alpha value is -0.0400. The third-order valence-corrected chi connectivity index (χ3v) is 6.94. The van der Waals surface area contributed by atoms with Crippen LogP contribution in [0.4, 0.5) is 0 Å². The van der Waals surface area contributed by atoms with Crippen LogP contribution in [-0.2, 0) is 0 Å². The maximum Gasteiger partial charge on any atom is 0.0487 e. The van der Waals surface area contributed by atoms with Crippen molar-refractivity contribution >= 4 is 0 Å². The van der Waals surface area contributed by atoms with E-state index in [1.54, 1.807) is 0 Å². The highest BCUT2D eigenvalue weighted by atomic mass is 16.3. The summed E-state index contributed by atoms with van der Waals surface area (Å²) < 4.78 is 0. The third kappa shape index (κ3) is 1.47. The van der Waals surface area contributed by atoms with Gasteiger partial charge in [-0.05, 0) is 59.2 Å². The van der Waals surface area contributed by atoms with Crippen molar-refractivity contribution in [3.8, 4) is 0 Å². The van der Waals surface area contributed by atoms with Gasteiger partial charge in [-0.15, -0.1) is 0 Å². The monoisotopic (exact) mass is 236 g/mol. The van der Waals surface area contributed by atoms with Crippen LogP contribution in [0.5, 0.6) is 0 Å². The Kier molecular flexibility index (Phi) is 2.19. The van der Waals surface area contributed by atoms with Gasteiger partial charge in [0, 0.05) is 6.61 Å². The highest BCUT2D eigenvalue weighted by Crippen LogP contribution is 2.75. The number of rotatable bonds is 3. The van der Waals surface area contributed by atoms with E-state index in [4.69, 9.17) is 0 Å². The summed E-state index contributed by atoms with van der Waals surface area (Å²) in [5.74, 6) is 3.43. The molecule has 6 atom stereocenters. The lowest BCUT2D eigenvalue weighted by molar-refractivity contribution is 0.115. The van der Waals surface area contributed by atoms with Crippen molar-refractivity contribution in [3.63, 3.8) is 0 Å². The molecule has 0 aromatic carbocycles. The number of fused-ring (bicyclic) bond motifs is 1. The van der Waals surface area contributed by atoms with Crippen LogP contribution < -0.4 is 0 Å². The molecule has 0 saturated heterocycles. The van der Waals surface area contributed by atoms with Crippen LogP contribution in [0.1, 0.15) is 53.9 Å². The first-order valence-corrected chi connectivity index (χ1v) is 7.35. The van der Waals surface area contributed by atoms with Gasteiger partial charge in [-0.2, -0.15) is 0 Å². The largest absolute Gasteiger partial charge is 0.396 e. The molecular formula is C16H28O. The van der Waals surface area contributed by atoms with Gasteiger partial charge in [0.05, 0.1) is 0 Å². The Morgan fingerprint density at radius 1 is 1.06 bits per heavy atom. The Morgan fingerprint density at radius 2 is 1.71 bits per heavy atom. The van der Waals surface area contributed by atoms with E-state index in [1.165, 1.54) is 19.3 Å². The molecule has 1 heteroatoms. The fourth-order valence-electron chi connectivity index (χ4n) is 5.41. The number of aliphatic hydroxyl groups is 1. The van der Waals surface area contributed by atoms with Crippen molar-refractivity contribution in [1.29, 1.82) is 0 Å². The zero-order valence-electron chi connectivity index (χ0n) is 12.1. The highest BCUT2D eigenvalue weighted by molar-refractivity contribution is 5.17. The lowest BCUT2D eigenvalue weighted by atomic mass is 9.69. The van der Waals surface area contributed by atoms with Gasteiger partial charge in [-0.25, -0.2) is 0 Å². The summed E-state index contributed by atoms with van der Waals surface area (Å²) in [6.45, 7) is 12.6. The van der Waals surface area contributed by atoms with Crippen LogP contribution in [0.15, 0.2) is 0 Å². The second-order valence-corrected chi connectivity index (χ2v) is 8.52. The minimum atomic E-state index is 0.253. The summed E-state index contributed by atoms with van der Waals surface area (Å²) in [5, 5.41) is 9.47. The summed E-state index contributed by atoms with van der Waals surface area (Å²) in [6, 6.07) is 0. The Balaban J connectivity index is 1.74. The number of aliphatic hydroxyl groups excluding tert-OH is 1. The molecule has 1 nitrogen and oxygen atoms in total. The third-order valence-electron chi connectivity index (χ3n) is 6.94. The van der Waals surface area contributed by atoms with E-state index in [1.807, 2.05) is 0 Å². The number of hydrogen-bond acceptors (Lipinski definition) is 1. The molecule has 98 valence electrons. The summed E-state index contributed by atoms with van der Waals surface area (Å²) in [4.78, 5) is 0. The molecule has 3 saturated carbocycles. The molecule has 3 rings (SSSR count). The first kappa shape index (κ1) is 12.0. The van der Waals surface area contributed by atoms with Gasteiger partial charge in [0.15, 0.2) is 0 Å². The molecule has 0 amide bonds. The number of hydrogen-bond donors (Lipinski definition) is 1. The van der Waals surface area contributed by atoms with Crippen LogP contribution in [0.25, 0.3) is 0 Å². The van der Waals surface area contributed by atoms with Crippen molar-refractivity contribution in [2.75, 3.05) is 6.61 Å². The molecule has 0 aromatic heterocycles. The van der Waals surface area contributed by atoms with E-state index in [9.17, 15) is 5.11 Å². The van der Waals surface area contributed by atoms with Gasteiger partial charge in [0.1, 0.15) is 0 Å². The van der Waals surface area contributed by atoms with E-state index in [2.05, 4.69) is 34.6 Å². The normalized spacial score (nSPS) is 56.5. The zero-order chi connectivity index (χ0) is 12.6. The zero-order valence-corrected chi connectivity index (χ0v) is 12.1. The second-order valence-electron chi connectivity index (χ2n) is 8.52. The van der Waals surface area contributed by atoms with Crippen LogP contribution in [-0.4, -0.2) is 11.7 Å². The van der Waals surface area contributed by atoms with Gasteiger partial charge < -0.3 is 5.11 Å². The summed E-state index contributed by atoms with van der Waals surface area (Å²) in [7, 11) is 0. The fourth-order valence-corrected chi connectivity index (χ4v) is 5.41. The maximum absolute atomic E-state index is 9.47. The minimum absolute atomic E-state index is 0.253. The highest BCUT2D eigenvalue weighted by Gasteiger charge is 2.68. The Labute approximate surface area is 106 Å². The predicted molar refractivity (Wildman–Crippen MR) is 70.6 cm³/mol. The molecule has 0 heterocycles. The lowest BCUT2D eigenvalue weighted by Gasteiger charge is -2.36. The summed E-state index contributed by atoms with van der Waals surface area (Å²) in [5.41, 5.74) is 1.46. The topological polar surface area (TPSA) is 20.2 Å². The Morgan fingerprint density at radius 3 is 2.12 bits per heavy atom. The van der Waals surface area contributed by atoms with Gasteiger partial charge in [-0.3, -0.25) is 0 Å². The maximum atomic E-state index is 9.47. The average molecular weight is 236 g/mol. The molecular weight excluding hydrogens is 208 g/mol. The SMILES string of the molecule is CC(C1CC1(C)CO)C1CC2(C)CC2C1(C)C. The van der Waals surface area contributed by atoms with Crippen LogP contribution in [0.3, 0.4) is 0 Å². The van der Waals surface area contributed by atoms with Crippen molar-refractivity contribution in [2.45, 2.75) is 53.9 Å². The first-order chi connectivity index (χ1) is 7.74. The van der Waals surface area contributed by atoms with E-state index in [0.717, 1.165) is 23.7 Å². The van der Waals surface area contributed by atoms with Crippen LogP contribution >= 0.6 is 0 Å². The molecule has 3 aliphatic carbocycles. The van der Waals surface area contributed by atoms with E-state index < -0.39 is 0 Å². The molecule has 1 N–H and O–H groups in total. The Bertz CT molecular complexity index is 347. The van der Waals surface area contributed by atoms with Crippen LogP contribution in [0.2, 0.25) is 0 Å². The molecule has 0 radical (unpaired) electrons. The molecule has 17 heavy (non-hydrogen) atoms. The van der Waals surface area contributed by atoms with Crippen molar-refractivity contribution in [2.24, 2.45) is 39.9 Å². The smallest absolute Gasteiger partial charge is 0.0487 e. The molecule has 0 aliphatic heterocycles. The van der Waals surface area contributed by atoms with Gasteiger partial charge in [0.25, 0.3) is 0 Å². The lowest BCUT2D eigenvalue weighted by Crippen LogP contribution is -2.30.